The van der Waals surface area contributed by atoms with Crippen molar-refractivity contribution in [1.29, 1.82) is 0 Å². The molecule has 2 aliphatic heterocycles. The van der Waals surface area contributed by atoms with E-state index in [4.69, 9.17) is 4.42 Å². The number of carbonyl (C=O) groups excluding carboxylic acids is 2. The van der Waals surface area contributed by atoms with E-state index >= 15 is 0 Å². The third kappa shape index (κ3) is 2.39. The Balaban J connectivity index is 1.82. The van der Waals surface area contributed by atoms with Crippen molar-refractivity contribution < 1.29 is 22.8 Å². The van der Waals surface area contributed by atoms with Crippen LogP contribution in [0.25, 0.3) is 0 Å². The second-order valence-corrected chi connectivity index (χ2v) is 5.29. The van der Waals surface area contributed by atoms with Crippen LogP contribution in [0.2, 0.25) is 0 Å². The van der Waals surface area contributed by atoms with E-state index in [1.165, 1.54) is 6.26 Å². The van der Waals surface area contributed by atoms with E-state index in [0.29, 0.717) is 5.76 Å². The lowest BCUT2D eigenvalue weighted by Crippen LogP contribution is -2.47. The molecule has 3 heterocycles. The van der Waals surface area contributed by atoms with Crippen LogP contribution in [0.5, 0.6) is 0 Å². The molecule has 1 N–H and O–H groups in total. The van der Waals surface area contributed by atoms with Gasteiger partial charge in [-0.2, -0.15) is 0 Å². The Bertz CT molecular complexity index is 530. The fraction of sp³-hybridized carbons (Fsp3) is 0.538. The number of halogens is 2. The highest BCUT2D eigenvalue weighted by Crippen LogP contribution is 2.35. The molecule has 2 amide bonds. The molecule has 0 aromatic carbocycles. The second kappa shape index (κ2) is 4.57. The molecule has 2 aliphatic rings. The number of amides is 2. The average molecular weight is 284 g/mol. The summed E-state index contributed by atoms with van der Waals surface area (Å²) in [6, 6.07) is 1.80. The van der Waals surface area contributed by atoms with Gasteiger partial charge in [-0.25, -0.2) is 8.78 Å². The summed E-state index contributed by atoms with van der Waals surface area (Å²) in [5.41, 5.74) is 0. The van der Waals surface area contributed by atoms with Crippen LogP contribution < -0.4 is 5.32 Å². The molecule has 2 unspecified atom stereocenters. The van der Waals surface area contributed by atoms with E-state index in [-0.39, 0.29) is 18.7 Å². The molecule has 7 heteroatoms. The maximum absolute atomic E-state index is 13.4. The highest BCUT2D eigenvalue weighted by Gasteiger charge is 2.50. The van der Waals surface area contributed by atoms with Gasteiger partial charge in [0.05, 0.1) is 12.8 Å². The van der Waals surface area contributed by atoms with E-state index in [0.717, 1.165) is 4.90 Å². The predicted octanol–water partition coefficient (Wildman–Crippen LogP) is 0.947. The number of alkyl halides is 2. The SMILES string of the molecule is O=C1CC2CC(F)(F)CN2C(=O)C(Cc2ccco2)N1. The second-order valence-electron chi connectivity index (χ2n) is 5.29. The van der Waals surface area contributed by atoms with E-state index in [1.807, 2.05) is 0 Å². The molecule has 1 aromatic heterocycles. The monoisotopic (exact) mass is 284 g/mol. The van der Waals surface area contributed by atoms with E-state index < -0.39 is 36.9 Å². The number of carbonyl (C=O) groups is 2. The van der Waals surface area contributed by atoms with Gasteiger partial charge in [-0.1, -0.05) is 0 Å². The summed E-state index contributed by atoms with van der Waals surface area (Å²) in [7, 11) is 0. The minimum atomic E-state index is -2.91. The lowest BCUT2D eigenvalue weighted by Gasteiger charge is -2.23. The first kappa shape index (κ1) is 13.1. The summed E-state index contributed by atoms with van der Waals surface area (Å²) in [5.74, 6) is -3.21. The van der Waals surface area contributed by atoms with Gasteiger partial charge >= 0.3 is 0 Å². The first-order valence-corrected chi connectivity index (χ1v) is 6.45. The quantitative estimate of drug-likeness (QED) is 0.879. The summed E-state index contributed by atoms with van der Waals surface area (Å²) in [4.78, 5) is 25.2. The van der Waals surface area contributed by atoms with Gasteiger partial charge in [-0.15, -0.1) is 0 Å². The summed E-state index contributed by atoms with van der Waals surface area (Å²) in [6.07, 6.45) is 1.12. The molecule has 2 fully saturated rings. The van der Waals surface area contributed by atoms with Crippen LogP contribution in [-0.4, -0.2) is 41.3 Å². The third-order valence-electron chi connectivity index (χ3n) is 3.70. The van der Waals surface area contributed by atoms with Crippen LogP contribution in [0.4, 0.5) is 8.78 Å². The predicted molar refractivity (Wildman–Crippen MR) is 64.0 cm³/mol. The van der Waals surface area contributed by atoms with Crippen molar-refractivity contribution in [2.45, 2.75) is 37.3 Å². The minimum absolute atomic E-state index is 0.0734. The van der Waals surface area contributed by atoms with Crippen LogP contribution in [0.15, 0.2) is 22.8 Å². The van der Waals surface area contributed by atoms with Gasteiger partial charge in [-0.05, 0) is 12.1 Å². The molecule has 0 aliphatic carbocycles. The fourth-order valence-electron chi connectivity index (χ4n) is 2.84. The molecule has 3 rings (SSSR count). The van der Waals surface area contributed by atoms with Crippen molar-refractivity contribution in [3.05, 3.63) is 24.2 Å². The molecule has 5 nitrogen and oxygen atoms in total. The van der Waals surface area contributed by atoms with Gasteiger partial charge in [0.1, 0.15) is 11.8 Å². The van der Waals surface area contributed by atoms with E-state index in [1.54, 1.807) is 12.1 Å². The number of nitrogens with zero attached hydrogens (tertiary/aromatic N) is 1. The molecule has 2 atom stereocenters. The van der Waals surface area contributed by atoms with Crippen LogP contribution in [0.1, 0.15) is 18.6 Å². The largest absolute Gasteiger partial charge is 0.469 e. The molecule has 20 heavy (non-hydrogen) atoms. The normalized spacial score (nSPS) is 29.0. The van der Waals surface area contributed by atoms with Gasteiger partial charge in [0.15, 0.2) is 0 Å². The topological polar surface area (TPSA) is 62.6 Å². The molecule has 108 valence electrons. The lowest BCUT2D eigenvalue weighted by molar-refractivity contribution is -0.135. The summed E-state index contributed by atoms with van der Waals surface area (Å²) < 4.78 is 32.0. The van der Waals surface area contributed by atoms with E-state index in [9.17, 15) is 18.4 Å². The maximum atomic E-state index is 13.4. The molecule has 0 radical (unpaired) electrons. The first-order chi connectivity index (χ1) is 9.44. The lowest BCUT2D eigenvalue weighted by atomic mass is 10.1. The fourth-order valence-corrected chi connectivity index (χ4v) is 2.84. The van der Waals surface area contributed by atoms with Crippen LogP contribution in [0.3, 0.4) is 0 Å². The number of hydrogen-bond acceptors (Lipinski definition) is 3. The van der Waals surface area contributed by atoms with Crippen LogP contribution in [0, 0.1) is 0 Å². The van der Waals surface area contributed by atoms with E-state index in [2.05, 4.69) is 5.32 Å². The molecule has 2 saturated heterocycles. The number of rotatable bonds is 2. The highest BCUT2D eigenvalue weighted by molar-refractivity contribution is 5.91. The summed E-state index contributed by atoms with van der Waals surface area (Å²) in [5, 5.41) is 2.59. The Kier molecular flexibility index (Phi) is 2.99. The molecule has 0 bridgehead atoms. The van der Waals surface area contributed by atoms with Gasteiger partial charge in [0.25, 0.3) is 5.92 Å². The average Bonchev–Trinajstić information content (AvgIpc) is 2.92. The van der Waals surface area contributed by atoms with Gasteiger partial charge in [-0.3, -0.25) is 9.59 Å². The summed E-state index contributed by atoms with van der Waals surface area (Å²) >= 11 is 0. The maximum Gasteiger partial charge on any atom is 0.267 e. The molecule has 1 aromatic rings. The Labute approximate surface area is 113 Å². The Morgan fingerprint density at radius 2 is 2.25 bits per heavy atom. The van der Waals surface area contributed by atoms with Crippen molar-refractivity contribution in [2.75, 3.05) is 6.54 Å². The van der Waals surface area contributed by atoms with Gasteiger partial charge in [0, 0.05) is 25.3 Å². The van der Waals surface area contributed by atoms with Crippen LogP contribution >= 0.6 is 0 Å². The number of fused-ring (bicyclic) bond motifs is 1. The van der Waals surface area contributed by atoms with Crippen molar-refractivity contribution >= 4 is 11.8 Å². The number of hydrogen-bond donors (Lipinski definition) is 1. The van der Waals surface area contributed by atoms with Crippen molar-refractivity contribution in [3.63, 3.8) is 0 Å². The Morgan fingerprint density at radius 1 is 1.45 bits per heavy atom. The molecule has 0 saturated carbocycles. The zero-order chi connectivity index (χ0) is 14.3. The standard InChI is InChI=1S/C13H14F2N2O3/c14-13(15)6-8-4-11(18)16-10(12(19)17(8)7-13)5-9-2-1-3-20-9/h1-3,8,10H,4-7H2,(H,16,18). The molecular weight excluding hydrogens is 270 g/mol. The van der Waals surface area contributed by atoms with Gasteiger partial charge in [0.2, 0.25) is 11.8 Å². The number of furan rings is 1. The van der Waals surface area contributed by atoms with Crippen molar-refractivity contribution in [1.82, 2.24) is 10.2 Å². The Morgan fingerprint density at radius 3 is 2.95 bits per heavy atom. The molecular formula is C13H14F2N2O3. The smallest absolute Gasteiger partial charge is 0.267 e. The van der Waals surface area contributed by atoms with Crippen molar-refractivity contribution in [3.8, 4) is 0 Å². The zero-order valence-corrected chi connectivity index (χ0v) is 10.6. The van der Waals surface area contributed by atoms with Crippen molar-refractivity contribution in [2.24, 2.45) is 0 Å². The zero-order valence-electron chi connectivity index (χ0n) is 10.6. The molecule has 0 spiro atoms. The van der Waals surface area contributed by atoms with Crippen LogP contribution in [-0.2, 0) is 16.0 Å². The highest BCUT2D eigenvalue weighted by atomic mass is 19.3. The first-order valence-electron chi connectivity index (χ1n) is 6.45. The van der Waals surface area contributed by atoms with Gasteiger partial charge < -0.3 is 14.6 Å². The Hall–Kier alpha value is -1.92. The summed E-state index contributed by atoms with van der Waals surface area (Å²) in [6.45, 7) is -0.611. The minimum Gasteiger partial charge on any atom is -0.469 e. The third-order valence-corrected chi connectivity index (χ3v) is 3.70. The number of nitrogens with one attached hydrogen (secondary N) is 1.